The van der Waals surface area contributed by atoms with Gasteiger partial charge in [0.2, 0.25) is 6.71 Å². The van der Waals surface area contributed by atoms with Crippen LogP contribution in [0.25, 0.3) is 27.5 Å². The molecule has 0 N–H and O–H groups in total. The Hall–Kier alpha value is -3.42. The van der Waals surface area contributed by atoms with E-state index >= 15 is 0 Å². The largest absolute Gasteiger partial charge is 0.310 e. The van der Waals surface area contributed by atoms with Crippen molar-refractivity contribution in [2.45, 2.75) is 88.3 Å². The van der Waals surface area contributed by atoms with Gasteiger partial charge in [-0.15, -0.1) is 0 Å². The average Bonchev–Trinajstić information content (AvgIpc) is 3.23. The number of fused-ring (bicyclic) bond motifs is 7. The molecule has 0 spiro atoms. The van der Waals surface area contributed by atoms with Crippen molar-refractivity contribution in [1.29, 1.82) is 5.26 Å². The van der Waals surface area contributed by atoms with Gasteiger partial charge in [0.15, 0.2) is 0 Å². The summed E-state index contributed by atoms with van der Waals surface area (Å²) in [7, 11) is 0. The summed E-state index contributed by atoms with van der Waals surface area (Å²) >= 11 is 1.82. The second kappa shape index (κ2) is 8.33. The number of nitrogens with zero attached hydrogens (tertiary/aromatic N) is 2. The van der Waals surface area contributed by atoms with Crippen molar-refractivity contribution < 1.29 is 0 Å². The van der Waals surface area contributed by atoms with E-state index in [0.717, 1.165) is 11.3 Å². The molecule has 0 unspecified atom stereocenters. The van der Waals surface area contributed by atoms with E-state index in [4.69, 9.17) is 0 Å². The second-order valence-electron chi connectivity index (χ2n) is 15.1. The van der Waals surface area contributed by atoms with Crippen molar-refractivity contribution >= 4 is 56.7 Å². The van der Waals surface area contributed by atoms with Crippen LogP contribution in [-0.4, -0.2) is 11.3 Å². The van der Waals surface area contributed by atoms with E-state index < -0.39 is 0 Å². The smallest absolute Gasteiger partial charge is 0.249 e. The third kappa shape index (κ3) is 3.85. The van der Waals surface area contributed by atoms with Crippen LogP contribution < -0.4 is 16.4 Å². The predicted molar refractivity (Wildman–Crippen MR) is 177 cm³/mol. The normalized spacial score (nSPS) is 14.3. The first-order chi connectivity index (χ1) is 19.2. The van der Waals surface area contributed by atoms with Crippen LogP contribution in [0.2, 0.25) is 0 Å². The maximum absolute atomic E-state index is 10.1. The van der Waals surface area contributed by atoms with Gasteiger partial charge in [-0.25, -0.2) is 0 Å². The molecule has 0 saturated heterocycles. The first-order valence-electron chi connectivity index (χ1n) is 14.7. The first-order valence-corrected chi connectivity index (χ1v) is 15.5. The first kappa shape index (κ1) is 26.5. The Kier molecular flexibility index (Phi) is 5.38. The summed E-state index contributed by atoms with van der Waals surface area (Å²) in [5.41, 5.74) is 12.7. The van der Waals surface area contributed by atoms with Gasteiger partial charge in [0.25, 0.3) is 0 Å². The van der Waals surface area contributed by atoms with Gasteiger partial charge in [-0.3, -0.25) is 0 Å². The molecule has 7 rings (SSSR count). The summed E-state index contributed by atoms with van der Waals surface area (Å²) in [5.74, 6) is 0. The van der Waals surface area contributed by atoms with Crippen LogP contribution in [0.15, 0.2) is 70.5 Å². The quantitative estimate of drug-likeness (QED) is 0.179. The lowest BCUT2D eigenvalue weighted by molar-refractivity contribution is 0.590. The minimum Gasteiger partial charge on any atom is -0.310 e. The van der Waals surface area contributed by atoms with Crippen LogP contribution in [0.3, 0.4) is 0 Å². The molecule has 1 aromatic heterocycles. The third-order valence-corrected chi connectivity index (χ3v) is 10.3. The van der Waals surface area contributed by atoms with Gasteiger partial charge in [0, 0.05) is 31.8 Å². The fourth-order valence-electron chi connectivity index (χ4n) is 6.72. The lowest BCUT2D eigenvalue weighted by atomic mass is 9.35. The number of hydrogen-bond donors (Lipinski definition) is 0. The van der Waals surface area contributed by atoms with E-state index in [1.165, 1.54) is 64.7 Å². The number of aromatic nitrogens is 1. The molecule has 3 heterocycles. The van der Waals surface area contributed by atoms with Gasteiger partial charge in [-0.05, 0) is 80.3 Å². The standard InChI is InChI=1S/C37H37BN2S/c1-35(2,3)22-10-12-29-25(16-22)26-17-24(37(7,8)9)19-28-34(26)40(29)30-14-21(20-39)15-32-33(30)38(28)27-18-23(36(4,5)6)11-13-31(27)41-32/h10-19H,1-9H3. The van der Waals surface area contributed by atoms with Crippen molar-refractivity contribution in [2.75, 3.05) is 0 Å². The summed E-state index contributed by atoms with van der Waals surface area (Å²) in [5, 5.41) is 12.7. The van der Waals surface area contributed by atoms with Crippen LogP contribution in [-0.2, 0) is 16.2 Å². The van der Waals surface area contributed by atoms with E-state index in [2.05, 4.69) is 134 Å². The maximum Gasteiger partial charge on any atom is 0.249 e. The van der Waals surface area contributed by atoms with Crippen molar-refractivity contribution in [2.24, 2.45) is 0 Å². The fourth-order valence-corrected chi connectivity index (χ4v) is 7.90. The van der Waals surface area contributed by atoms with E-state index in [1.807, 2.05) is 11.8 Å². The zero-order chi connectivity index (χ0) is 29.2. The topological polar surface area (TPSA) is 28.7 Å². The molecule has 2 nitrogen and oxygen atoms in total. The SMILES string of the molecule is CC(C)(C)c1ccc2c(c1)B1c3c(cc(C#N)cc3-n3c4ccc(C(C)(C)C)cc4c4cc(C(C)(C)C)cc1c43)S2. The van der Waals surface area contributed by atoms with Crippen molar-refractivity contribution in [1.82, 2.24) is 4.57 Å². The molecule has 4 heteroatoms. The Labute approximate surface area is 248 Å². The Balaban J connectivity index is 1.69. The highest BCUT2D eigenvalue weighted by molar-refractivity contribution is 8.00. The minimum absolute atomic E-state index is 0.00796. The van der Waals surface area contributed by atoms with Crippen LogP contribution >= 0.6 is 11.8 Å². The molecule has 0 fully saturated rings. The Morgan fingerprint density at radius 2 is 1.27 bits per heavy atom. The molecule has 2 aliphatic heterocycles. The number of benzene rings is 4. The summed E-state index contributed by atoms with van der Waals surface area (Å²) in [6, 6.07) is 25.7. The zero-order valence-corrected chi connectivity index (χ0v) is 26.5. The number of hydrogen-bond acceptors (Lipinski definition) is 2. The zero-order valence-electron chi connectivity index (χ0n) is 25.7. The van der Waals surface area contributed by atoms with Crippen LogP contribution in [0.5, 0.6) is 0 Å². The summed E-state index contributed by atoms with van der Waals surface area (Å²) in [4.78, 5) is 2.50. The molecule has 0 radical (unpaired) electrons. The van der Waals surface area contributed by atoms with Crippen molar-refractivity contribution in [3.63, 3.8) is 0 Å². The maximum atomic E-state index is 10.1. The van der Waals surface area contributed by atoms with Crippen LogP contribution in [0.4, 0.5) is 0 Å². The second-order valence-corrected chi connectivity index (χ2v) is 16.2. The molecule has 0 aliphatic carbocycles. The number of nitriles is 1. The lowest BCUT2D eigenvalue weighted by Crippen LogP contribution is -2.59. The molecule has 0 saturated carbocycles. The van der Waals surface area contributed by atoms with Gasteiger partial charge in [-0.2, -0.15) is 5.26 Å². The predicted octanol–water partition coefficient (Wildman–Crippen LogP) is 7.84. The molecule has 0 amide bonds. The van der Waals surface area contributed by atoms with Crippen LogP contribution in [0, 0.1) is 11.3 Å². The molecule has 5 aromatic rings. The van der Waals surface area contributed by atoms with Gasteiger partial charge >= 0.3 is 0 Å². The van der Waals surface area contributed by atoms with Crippen molar-refractivity contribution in [3.8, 4) is 11.8 Å². The molecular formula is C37H37BN2S. The minimum atomic E-state index is 0.00796. The Morgan fingerprint density at radius 3 is 1.93 bits per heavy atom. The number of rotatable bonds is 0. The molecule has 41 heavy (non-hydrogen) atoms. The van der Waals surface area contributed by atoms with Gasteiger partial charge in [-0.1, -0.05) is 104 Å². The van der Waals surface area contributed by atoms with E-state index in [0.29, 0.717) is 0 Å². The van der Waals surface area contributed by atoms with E-state index in [9.17, 15) is 5.26 Å². The van der Waals surface area contributed by atoms with Crippen LogP contribution in [0.1, 0.15) is 84.6 Å². The lowest BCUT2D eigenvalue weighted by Gasteiger charge is -2.35. The highest BCUT2D eigenvalue weighted by Crippen LogP contribution is 2.42. The molecular weight excluding hydrogens is 515 g/mol. The fraction of sp³-hybridized carbons (Fsp3) is 0.324. The molecule has 2 aliphatic rings. The summed E-state index contributed by atoms with van der Waals surface area (Å²) < 4.78 is 2.47. The molecule has 0 bridgehead atoms. The Morgan fingerprint density at radius 1 is 0.659 bits per heavy atom. The summed E-state index contributed by atoms with van der Waals surface area (Å²) in [6.45, 7) is 20.9. The van der Waals surface area contributed by atoms with Gasteiger partial charge in [0.1, 0.15) is 0 Å². The van der Waals surface area contributed by atoms with Gasteiger partial charge in [0.05, 0.1) is 17.1 Å². The highest BCUT2D eigenvalue weighted by Gasteiger charge is 2.41. The monoisotopic (exact) mass is 552 g/mol. The third-order valence-electron chi connectivity index (χ3n) is 9.12. The van der Waals surface area contributed by atoms with Gasteiger partial charge < -0.3 is 4.57 Å². The molecule has 204 valence electrons. The molecule has 0 atom stereocenters. The highest BCUT2D eigenvalue weighted by atomic mass is 32.2. The Bertz CT molecular complexity index is 1980. The molecule has 4 aromatic carbocycles. The average molecular weight is 553 g/mol. The van der Waals surface area contributed by atoms with E-state index in [1.54, 1.807) is 0 Å². The summed E-state index contributed by atoms with van der Waals surface area (Å²) in [6.07, 6.45) is 0. The van der Waals surface area contributed by atoms with Crippen molar-refractivity contribution in [3.05, 3.63) is 82.9 Å². The van der Waals surface area contributed by atoms with E-state index in [-0.39, 0.29) is 23.0 Å².